The van der Waals surface area contributed by atoms with Crippen LogP contribution in [0.25, 0.3) is 6.08 Å². The van der Waals surface area contributed by atoms with Crippen LogP contribution in [0.5, 0.6) is 0 Å². The molecule has 2 atom stereocenters. The number of hydrogen-bond acceptors (Lipinski definition) is 4. The molecule has 0 aromatic heterocycles. The fourth-order valence-electron chi connectivity index (χ4n) is 3.30. The number of alkyl halides is 5. The standard InChI is InChI=1S/C26H24Cl2F5N3O4/c1-14(2)20(22(38)26(32,33)24(40)34-13-25(29,30)31)36-23(39)21(16-7-9-17(27)10-8-16)35-19(37)11-6-15-4-3-5-18(28)12-15/h3-12,14,20-21H,13H2,1-2H3,(H,34,40)(H,35,37)(H,36,39). The molecular formula is C26H24Cl2F5N3O4. The number of benzene rings is 2. The molecule has 2 unspecified atom stereocenters. The number of halogens is 7. The Labute approximate surface area is 236 Å². The number of Topliss-reactive ketones (excluding diaryl/α,β-unsaturated/α-hetero) is 1. The molecule has 0 spiro atoms. The fourth-order valence-corrected chi connectivity index (χ4v) is 3.62. The van der Waals surface area contributed by atoms with E-state index in [9.17, 15) is 41.1 Å². The largest absolute Gasteiger partial charge is 0.405 e. The number of amides is 3. The van der Waals surface area contributed by atoms with Gasteiger partial charge in [0.15, 0.2) is 0 Å². The maximum Gasteiger partial charge on any atom is 0.405 e. The first-order chi connectivity index (χ1) is 18.5. The van der Waals surface area contributed by atoms with Crippen LogP contribution in [0, 0.1) is 5.92 Å². The highest BCUT2D eigenvalue weighted by Crippen LogP contribution is 2.23. The Morgan fingerprint density at radius 2 is 1.52 bits per heavy atom. The molecule has 40 heavy (non-hydrogen) atoms. The molecule has 0 aliphatic carbocycles. The summed E-state index contributed by atoms with van der Waals surface area (Å²) in [5.41, 5.74) is 0.725. The Morgan fingerprint density at radius 3 is 2.08 bits per heavy atom. The third-order valence-electron chi connectivity index (χ3n) is 5.32. The monoisotopic (exact) mass is 607 g/mol. The number of carbonyl (C=O) groups is 4. The van der Waals surface area contributed by atoms with Crippen LogP contribution in [0.1, 0.15) is 31.0 Å². The lowest BCUT2D eigenvalue weighted by Gasteiger charge is -2.27. The van der Waals surface area contributed by atoms with Crippen LogP contribution in [-0.4, -0.2) is 48.2 Å². The highest BCUT2D eigenvalue weighted by Gasteiger charge is 2.52. The summed E-state index contributed by atoms with van der Waals surface area (Å²) in [4.78, 5) is 50.2. The van der Waals surface area contributed by atoms with E-state index in [-0.39, 0.29) is 10.6 Å². The molecule has 216 valence electrons. The van der Waals surface area contributed by atoms with Gasteiger partial charge in [-0.25, -0.2) is 0 Å². The predicted molar refractivity (Wildman–Crippen MR) is 139 cm³/mol. The summed E-state index contributed by atoms with van der Waals surface area (Å²) in [7, 11) is 0. The quantitative estimate of drug-likeness (QED) is 0.192. The van der Waals surface area contributed by atoms with Crippen molar-refractivity contribution in [1.82, 2.24) is 16.0 Å². The first-order valence-corrected chi connectivity index (χ1v) is 12.3. The molecule has 0 bridgehead atoms. The third kappa shape index (κ3) is 9.60. The third-order valence-corrected chi connectivity index (χ3v) is 5.81. The lowest BCUT2D eigenvalue weighted by molar-refractivity contribution is -0.165. The molecule has 0 fully saturated rings. The van der Waals surface area contributed by atoms with E-state index < -0.39 is 60.1 Å². The maximum absolute atomic E-state index is 14.5. The van der Waals surface area contributed by atoms with Gasteiger partial charge in [-0.05, 0) is 47.4 Å². The Morgan fingerprint density at radius 1 is 0.900 bits per heavy atom. The highest BCUT2D eigenvalue weighted by atomic mass is 35.5. The molecule has 0 saturated carbocycles. The Bertz CT molecular complexity index is 1270. The van der Waals surface area contributed by atoms with Crippen LogP contribution in [0.3, 0.4) is 0 Å². The van der Waals surface area contributed by atoms with E-state index in [1.54, 1.807) is 24.3 Å². The van der Waals surface area contributed by atoms with Gasteiger partial charge in [-0.15, -0.1) is 0 Å². The second-order valence-electron chi connectivity index (χ2n) is 8.85. The molecule has 0 aliphatic rings. The summed E-state index contributed by atoms with van der Waals surface area (Å²) in [6.07, 6.45) is -2.50. The van der Waals surface area contributed by atoms with Gasteiger partial charge < -0.3 is 16.0 Å². The SMILES string of the molecule is CC(C)C(NC(=O)C(NC(=O)C=Cc1cccc(Cl)c1)c1ccc(Cl)cc1)C(=O)C(F)(F)C(=O)NCC(F)(F)F. The molecule has 2 aromatic rings. The van der Waals surface area contributed by atoms with Crippen LogP contribution in [-0.2, 0) is 19.2 Å². The summed E-state index contributed by atoms with van der Waals surface area (Å²) in [6, 6.07) is 8.51. The molecule has 0 saturated heterocycles. The van der Waals surface area contributed by atoms with Gasteiger partial charge in [0.05, 0.1) is 6.04 Å². The molecular weight excluding hydrogens is 584 g/mol. The number of nitrogens with one attached hydrogen (secondary N) is 3. The van der Waals surface area contributed by atoms with Crippen molar-refractivity contribution >= 4 is 52.8 Å². The minimum absolute atomic E-state index is 0.163. The summed E-state index contributed by atoms with van der Waals surface area (Å²) in [5.74, 6) is -12.4. The van der Waals surface area contributed by atoms with E-state index >= 15 is 0 Å². The summed E-state index contributed by atoms with van der Waals surface area (Å²) in [5, 5.41) is 6.16. The number of hydrogen-bond donors (Lipinski definition) is 3. The van der Waals surface area contributed by atoms with Crippen LogP contribution in [0.4, 0.5) is 22.0 Å². The zero-order chi connectivity index (χ0) is 30.3. The number of rotatable bonds is 11. The Balaban J connectivity index is 2.29. The first-order valence-electron chi connectivity index (χ1n) is 11.6. The van der Waals surface area contributed by atoms with Crippen molar-refractivity contribution in [1.29, 1.82) is 0 Å². The van der Waals surface area contributed by atoms with E-state index in [1.807, 2.05) is 0 Å². The molecule has 7 nitrogen and oxygen atoms in total. The lowest BCUT2D eigenvalue weighted by atomic mass is 9.94. The van der Waals surface area contributed by atoms with Crippen molar-refractivity contribution < 1.29 is 41.1 Å². The van der Waals surface area contributed by atoms with Crippen molar-refractivity contribution in [3.63, 3.8) is 0 Å². The molecule has 0 radical (unpaired) electrons. The average molecular weight is 608 g/mol. The zero-order valence-corrected chi connectivity index (χ0v) is 22.5. The predicted octanol–water partition coefficient (Wildman–Crippen LogP) is 4.89. The van der Waals surface area contributed by atoms with Gasteiger partial charge in [-0.1, -0.05) is 61.3 Å². The number of carbonyl (C=O) groups excluding carboxylic acids is 4. The molecule has 14 heteroatoms. The minimum Gasteiger partial charge on any atom is -0.344 e. The number of ketones is 1. The topological polar surface area (TPSA) is 104 Å². The van der Waals surface area contributed by atoms with E-state index in [1.165, 1.54) is 44.2 Å². The van der Waals surface area contributed by atoms with E-state index in [0.717, 1.165) is 11.4 Å². The summed E-state index contributed by atoms with van der Waals surface area (Å²) < 4.78 is 66.1. The van der Waals surface area contributed by atoms with Crippen molar-refractivity contribution in [2.75, 3.05) is 6.54 Å². The van der Waals surface area contributed by atoms with Crippen molar-refractivity contribution in [3.8, 4) is 0 Å². The Kier molecular flexibility index (Phi) is 11.2. The van der Waals surface area contributed by atoms with Crippen LogP contribution in [0.2, 0.25) is 10.0 Å². The maximum atomic E-state index is 14.5. The summed E-state index contributed by atoms with van der Waals surface area (Å²) in [6.45, 7) is 0.465. The molecule has 3 amide bonds. The molecule has 0 heterocycles. The lowest BCUT2D eigenvalue weighted by Crippen LogP contribution is -2.58. The van der Waals surface area contributed by atoms with Crippen LogP contribution >= 0.6 is 23.2 Å². The molecule has 3 N–H and O–H groups in total. The Hall–Kier alpha value is -3.51. The van der Waals surface area contributed by atoms with E-state index in [2.05, 4.69) is 10.6 Å². The van der Waals surface area contributed by atoms with Gasteiger partial charge in [0.25, 0.3) is 5.91 Å². The second-order valence-corrected chi connectivity index (χ2v) is 9.72. The normalized spacial score (nSPS) is 13.6. The average Bonchev–Trinajstić information content (AvgIpc) is 2.87. The van der Waals surface area contributed by atoms with Gasteiger partial charge >= 0.3 is 12.1 Å². The van der Waals surface area contributed by atoms with Gasteiger partial charge in [-0.3, -0.25) is 19.2 Å². The van der Waals surface area contributed by atoms with Gasteiger partial charge in [0, 0.05) is 16.1 Å². The first kappa shape index (κ1) is 32.7. The smallest absolute Gasteiger partial charge is 0.344 e. The molecule has 2 aromatic carbocycles. The molecule has 2 rings (SSSR count). The second kappa shape index (κ2) is 13.7. The van der Waals surface area contributed by atoms with Crippen molar-refractivity contribution in [3.05, 3.63) is 75.8 Å². The van der Waals surface area contributed by atoms with Gasteiger partial charge in [-0.2, -0.15) is 22.0 Å². The van der Waals surface area contributed by atoms with Crippen molar-refractivity contribution in [2.24, 2.45) is 5.92 Å². The van der Waals surface area contributed by atoms with Crippen molar-refractivity contribution in [2.45, 2.75) is 38.0 Å². The van der Waals surface area contributed by atoms with Crippen LogP contribution in [0.15, 0.2) is 54.6 Å². The van der Waals surface area contributed by atoms with E-state index in [4.69, 9.17) is 23.2 Å². The highest BCUT2D eigenvalue weighted by molar-refractivity contribution is 6.31. The van der Waals surface area contributed by atoms with E-state index in [0.29, 0.717) is 10.6 Å². The minimum atomic E-state index is -4.99. The van der Waals surface area contributed by atoms with Crippen LogP contribution < -0.4 is 16.0 Å². The van der Waals surface area contributed by atoms with Gasteiger partial charge in [0.2, 0.25) is 17.6 Å². The molecule has 0 aliphatic heterocycles. The summed E-state index contributed by atoms with van der Waals surface area (Å²) >= 11 is 11.8. The fraction of sp³-hybridized carbons (Fsp3) is 0.308. The van der Waals surface area contributed by atoms with Gasteiger partial charge in [0.1, 0.15) is 12.6 Å². The zero-order valence-electron chi connectivity index (χ0n) is 21.0.